The fourth-order valence-electron chi connectivity index (χ4n) is 4.13. The maximum atomic E-state index is 13.3. The van der Waals surface area contributed by atoms with Gasteiger partial charge in [-0.05, 0) is 53.6 Å². The SMILES string of the molecule is CC1C=c2ccccc2=c2ccc3c(c21)C(=O)C(NC(=O)OC(C)(C)C)CC=3. The van der Waals surface area contributed by atoms with Crippen molar-refractivity contribution in [3.8, 4) is 0 Å². The summed E-state index contributed by atoms with van der Waals surface area (Å²) in [5.74, 6) is 0.0808. The lowest BCUT2D eigenvalue weighted by Gasteiger charge is -2.26. The summed E-state index contributed by atoms with van der Waals surface area (Å²) in [6.07, 6.45) is 4.15. The van der Waals surface area contributed by atoms with Gasteiger partial charge in [0, 0.05) is 11.5 Å². The number of alkyl carbamates (subject to hydrolysis) is 1. The highest BCUT2D eigenvalue weighted by atomic mass is 16.6. The van der Waals surface area contributed by atoms with Crippen molar-refractivity contribution < 1.29 is 14.3 Å². The maximum absolute atomic E-state index is 13.3. The molecule has 2 aromatic carbocycles. The van der Waals surface area contributed by atoms with Gasteiger partial charge >= 0.3 is 6.09 Å². The molecule has 0 saturated heterocycles. The summed E-state index contributed by atoms with van der Waals surface area (Å²) >= 11 is 0. The molecule has 0 aromatic heterocycles. The molecule has 28 heavy (non-hydrogen) atoms. The Morgan fingerprint density at radius 1 is 1.07 bits per heavy atom. The molecule has 0 radical (unpaired) electrons. The lowest BCUT2D eigenvalue weighted by atomic mass is 9.82. The topological polar surface area (TPSA) is 55.4 Å². The number of ether oxygens (including phenoxy) is 1. The molecule has 2 aromatic rings. The van der Waals surface area contributed by atoms with E-state index in [-0.39, 0.29) is 11.7 Å². The van der Waals surface area contributed by atoms with Gasteiger partial charge in [-0.25, -0.2) is 4.79 Å². The fraction of sp³-hybridized carbons (Fsp3) is 0.333. The number of rotatable bonds is 1. The lowest BCUT2D eigenvalue weighted by molar-refractivity contribution is 0.0492. The minimum atomic E-state index is -0.601. The summed E-state index contributed by atoms with van der Waals surface area (Å²) in [5.41, 5.74) is 1.17. The molecule has 0 aliphatic heterocycles. The molecule has 2 aliphatic rings. The highest BCUT2D eigenvalue weighted by Crippen LogP contribution is 2.26. The first-order chi connectivity index (χ1) is 13.2. The van der Waals surface area contributed by atoms with E-state index in [1.807, 2.05) is 45.0 Å². The zero-order valence-electron chi connectivity index (χ0n) is 16.7. The van der Waals surface area contributed by atoms with Crippen LogP contribution in [0.3, 0.4) is 0 Å². The predicted octanol–water partition coefficient (Wildman–Crippen LogP) is 3.13. The number of benzene rings is 2. The molecule has 4 rings (SSSR count). The minimum absolute atomic E-state index is 0.0418. The number of hydrogen-bond acceptors (Lipinski definition) is 3. The quantitative estimate of drug-likeness (QED) is 0.833. The number of carbonyl (C=O) groups excluding carboxylic acids is 2. The van der Waals surface area contributed by atoms with Crippen LogP contribution in [0.2, 0.25) is 0 Å². The number of Topliss-reactive ketones (excluding diaryl/α,β-unsaturated/α-hetero) is 1. The Hall–Kier alpha value is -2.88. The van der Waals surface area contributed by atoms with Crippen molar-refractivity contribution in [2.75, 3.05) is 0 Å². The molecular weight excluding hydrogens is 350 g/mol. The van der Waals surface area contributed by atoms with Gasteiger partial charge in [-0.1, -0.05) is 55.5 Å². The number of amides is 1. The van der Waals surface area contributed by atoms with Crippen LogP contribution in [0.15, 0.2) is 36.4 Å². The van der Waals surface area contributed by atoms with Crippen molar-refractivity contribution in [3.63, 3.8) is 0 Å². The monoisotopic (exact) mass is 375 g/mol. The van der Waals surface area contributed by atoms with Crippen LogP contribution in [0, 0.1) is 10.4 Å². The van der Waals surface area contributed by atoms with Crippen molar-refractivity contribution in [1.82, 2.24) is 5.32 Å². The van der Waals surface area contributed by atoms with Crippen LogP contribution >= 0.6 is 0 Å². The standard InChI is InChI=1S/C24H25NO3/c1-14-13-16-7-5-6-8-17(16)18-11-9-15-10-12-19(22(26)21(15)20(14)18)25-23(27)28-24(2,3)4/h5-11,13-14,19H,12H2,1-4H3,(H,25,27). The molecule has 0 bridgehead atoms. The highest BCUT2D eigenvalue weighted by molar-refractivity contribution is 6.05. The minimum Gasteiger partial charge on any atom is -0.444 e. The maximum Gasteiger partial charge on any atom is 0.408 e. The van der Waals surface area contributed by atoms with Gasteiger partial charge in [0.15, 0.2) is 5.78 Å². The number of nitrogens with one attached hydrogen (secondary N) is 1. The highest BCUT2D eigenvalue weighted by Gasteiger charge is 2.30. The number of fused-ring (bicyclic) bond motifs is 4. The van der Waals surface area contributed by atoms with Crippen molar-refractivity contribution >= 4 is 24.0 Å². The molecule has 1 amide bonds. The van der Waals surface area contributed by atoms with Crippen LogP contribution in [0.4, 0.5) is 4.79 Å². The van der Waals surface area contributed by atoms with Gasteiger partial charge in [0.1, 0.15) is 5.60 Å². The van der Waals surface area contributed by atoms with Gasteiger partial charge in [-0.3, -0.25) is 4.79 Å². The Labute approximate surface area is 164 Å². The average molecular weight is 375 g/mol. The molecule has 0 saturated carbocycles. The van der Waals surface area contributed by atoms with E-state index in [0.717, 1.165) is 26.8 Å². The summed E-state index contributed by atoms with van der Waals surface area (Å²) in [7, 11) is 0. The molecule has 4 heteroatoms. The first-order valence-corrected chi connectivity index (χ1v) is 9.73. The third-order valence-electron chi connectivity index (χ3n) is 5.24. The summed E-state index contributed by atoms with van der Waals surface area (Å²) < 4.78 is 5.33. The van der Waals surface area contributed by atoms with Gasteiger partial charge in [-0.15, -0.1) is 0 Å². The van der Waals surface area contributed by atoms with Crippen LogP contribution in [0.5, 0.6) is 0 Å². The second kappa shape index (κ2) is 6.62. The van der Waals surface area contributed by atoms with Crippen molar-refractivity contribution in [2.45, 2.75) is 51.7 Å². The third kappa shape index (κ3) is 3.24. The first-order valence-electron chi connectivity index (χ1n) is 9.73. The van der Waals surface area contributed by atoms with E-state index in [9.17, 15) is 9.59 Å². The van der Waals surface area contributed by atoms with E-state index in [4.69, 9.17) is 4.74 Å². The second-order valence-corrected chi connectivity index (χ2v) is 8.54. The Balaban J connectivity index is 1.81. The van der Waals surface area contributed by atoms with Gasteiger partial charge in [-0.2, -0.15) is 0 Å². The number of hydrogen-bond donors (Lipinski definition) is 1. The van der Waals surface area contributed by atoms with Crippen molar-refractivity contribution in [1.29, 1.82) is 0 Å². The molecule has 144 valence electrons. The van der Waals surface area contributed by atoms with Crippen LogP contribution in [-0.2, 0) is 4.74 Å². The van der Waals surface area contributed by atoms with Gasteiger partial charge < -0.3 is 10.1 Å². The fourth-order valence-corrected chi connectivity index (χ4v) is 4.13. The van der Waals surface area contributed by atoms with Crippen LogP contribution in [0.25, 0.3) is 12.2 Å². The molecule has 2 aliphatic carbocycles. The van der Waals surface area contributed by atoms with E-state index in [0.29, 0.717) is 6.42 Å². The average Bonchev–Trinajstić information content (AvgIpc) is 2.62. The van der Waals surface area contributed by atoms with E-state index in [2.05, 4.69) is 36.5 Å². The third-order valence-corrected chi connectivity index (χ3v) is 5.24. The van der Waals surface area contributed by atoms with Gasteiger partial charge in [0.2, 0.25) is 0 Å². The summed E-state index contributed by atoms with van der Waals surface area (Å²) in [5, 5.41) is 7.14. The van der Waals surface area contributed by atoms with E-state index >= 15 is 0 Å². The molecule has 1 N–H and O–H groups in total. The summed E-state index contributed by atoms with van der Waals surface area (Å²) in [6, 6.07) is 11.8. The lowest BCUT2D eigenvalue weighted by Crippen LogP contribution is -2.46. The zero-order valence-corrected chi connectivity index (χ0v) is 16.7. The smallest absolute Gasteiger partial charge is 0.408 e. The molecular formula is C24H25NO3. The first kappa shape index (κ1) is 18.5. The summed E-state index contributed by atoms with van der Waals surface area (Å²) in [4.78, 5) is 25.5. The second-order valence-electron chi connectivity index (χ2n) is 8.54. The molecule has 4 nitrogen and oxygen atoms in total. The van der Waals surface area contributed by atoms with Crippen LogP contribution in [0.1, 0.15) is 56.0 Å². The normalized spacial score (nSPS) is 20.1. The molecule has 0 heterocycles. The Morgan fingerprint density at radius 3 is 2.57 bits per heavy atom. The Kier molecular flexibility index (Phi) is 4.37. The number of carbonyl (C=O) groups is 2. The van der Waals surface area contributed by atoms with Crippen LogP contribution in [-0.4, -0.2) is 23.5 Å². The molecule has 2 unspecified atom stereocenters. The number of ketones is 1. The molecule has 2 atom stereocenters. The Morgan fingerprint density at radius 2 is 1.82 bits per heavy atom. The molecule has 0 fully saturated rings. The molecule has 0 spiro atoms. The van der Waals surface area contributed by atoms with Gasteiger partial charge in [0.25, 0.3) is 0 Å². The predicted molar refractivity (Wildman–Crippen MR) is 109 cm³/mol. The Bertz CT molecular complexity index is 1190. The van der Waals surface area contributed by atoms with E-state index in [1.165, 1.54) is 5.22 Å². The summed E-state index contributed by atoms with van der Waals surface area (Å²) in [6.45, 7) is 7.54. The van der Waals surface area contributed by atoms with E-state index in [1.54, 1.807) is 0 Å². The zero-order chi connectivity index (χ0) is 20.1. The van der Waals surface area contributed by atoms with Gasteiger partial charge in [0.05, 0.1) is 6.04 Å². The van der Waals surface area contributed by atoms with Crippen molar-refractivity contribution in [3.05, 3.63) is 68.4 Å². The van der Waals surface area contributed by atoms with Crippen molar-refractivity contribution in [2.24, 2.45) is 0 Å². The van der Waals surface area contributed by atoms with E-state index < -0.39 is 17.7 Å². The largest absolute Gasteiger partial charge is 0.444 e. The van der Waals surface area contributed by atoms with Crippen LogP contribution < -0.4 is 15.8 Å².